The standard InChI is InChI=1S/C13H18N2O3/c16-10-11-4-3-7-14(8-11)13(18)9-15-6-2-1-5-12(15)17/h1-2,5-6,11,16H,3-4,7-10H2. The minimum Gasteiger partial charge on any atom is -0.396 e. The third-order valence-electron chi connectivity index (χ3n) is 3.33. The Morgan fingerprint density at radius 1 is 1.44 bits per heavy atom. The molecule has 1 aromatic rings. The van der Waals surface area contributed by atoms with Crippen molar-refractivity contribution in [1.29, 1.82) is 0 Å². The van der Waals surface area contributed by atoms with Gasteiger partial charge in [0, 0.05) is 32.0 Å². The zero-order valence-corrected chi connectivity index (χ0v) is 10.3. The predicted molar refractivity (Wildman–Crippen MR) is 67.1 cm³/mol. The molecular formula is C13H18N2O3. The third kappa shape index (κ3) is 2.98. The van der Waals surface area contributed by atoms with Crippen LogP contribution in [0.4, 0.5) is 0 Å². The Hall–Kier alpha value is -1.62. The molecule has 1 aromatic heterocycles. The van der Waals surface area contributed by atoms with E-state index in [1.54, 1.807) is 23.2 Å². The number of amides is 1. The molecule has 0 aliphatic carbocycles. The van der Waals surface area contributed by atoms with Crippen molar-refractivity contribution in [2.45, 2.75) is 19.4 Å². The number of aliphatic hydroxyl groups is 1. The summed E-state index contributed by atoms with van der Waals surface area (Å²) in [5.74, 6) is 0.122. The number of aliphatic hydroxyl groups excluding tert-OH is 1. The second kappa shape index (κ2) is 5.82. The van der Waals surface area contributed by atoms with Crippen LogP contribution >= 0.6 is 0 Å². The summed E-state index contributed by atoms with van der Waals surface area (Å²) in [4.78, 5) is 25.3. The topological polar surface area (TPSA) is 62.5 Å². The number of rotatable bonds is 3. The Morgan fingerprint density at radius 2 is 2.28 bits per heavy atom. The van der Waals surface area contributed by atoms with Crippen LogP contribution in [0.3, 0.4) is 0 Å². The predicted octanol–water partition coefficient (Wildman–Crippen LogP) is 0.0792. The SMILES string of the molecule is O=C(Cn1ccccc1=O)N1CCCC(CO)C1. The molecule has 5 heteroatoms. The van der Waals surface area contributed by atoms with Gasteiger partial charge in [-0.25, -0.2) is 0 Å². The molecule has 2 rings (SSSR count). The van der Waals surface area contributed by atoms with Crippen molar-refractivity contribution < 1.29 is 9.90 Å². The molecule has 5 nitrogen and oxygen atoms in total. The molecule has 2 heterocycles. The van der Waals surface area contributed by atoms with E-state index in [0.717, 1.165) is 19.4 Å². The monoisotopic (exact) mass is 250 g/mol. The summed E-state index contributed by atoms with van der Waals surface area (Å²) >= 11 is 0. The van der Waals surface area contributed by atoms with E-state index in [1.807, 2.05) is 0 Å². The average molecular weight is 250 g/mol. The minimum absolute atomic E-state index is 0.0542. The second-order valence-electron chi connectivity index (χ2n) is 4.70. The van der Waals surface area contributed by atoms with Crippen LogP contribution < -0.4 is 5.56 Å². The molecule has 1 aliphatic rings. The number of nitrogens with zero attached hydrogens (tertiary/aromatic N) is 2. The van der Waals surface area contributed by atoms with Crippen LogP contribution in [0.15, 0.2) is 29.2 Å². The maximum Gasteiger partial charge on any atom is 0.250 e. The Kier molecular flexibility index (Phi) is 4.15. The molecule has 1 N–H and O–H groups in total. The third-order valence-corrected chi connectivity index (χ3v) is 3.33. The first-order chi connectivity index (χ1) is 8.70. The van der Waals surface area contributed by atoms with Gasteiger partial charge in [-0.3, -0.25) is 9.59 Å². The van der Waals surface area contributed by atoms with Crippen LogP contribution in [0.1, 0.15) is 12.8 Å². The fraction of sp³-hybridized carbons (Fsp3) is 0.538. The van der Waals surface area contributed by atoms with Gasteiger partial charge in [0.15, 0.2) is 0 Å². The maximum absolute atomic E-state index is 12.1. The van der Waals surface area contributed by atoms with Crippen LogP contribution in [0.25, 0.3) is 0 Å². The number of carbonyl (C=O) groups excluding carboxylic acids is 1. The molecule has 18 heavy (non-hydrogen) atoms. The van der Waals surface area contributed by atoms with Crippen molar-refractivity contribution >= 4 is 5.91 Å². The highest BCUT2D eigenvalue weighted by atomic mass is 16.3. The quantitative estimate of drug-likeness (QED) is 0.826. The summed E-state index contributed by atoms with van der Waals surface area (Å²) in [5, 5.41) is 9.13. The molecular weight excluding hydrogens is 232 g/mol. The molecule has 1 saturated heterocycles. The minimum atomic E-state index is -0.165. The van der Waals surface area contributed by atoms with E-state index in [4.69, 9.17) is 5.11 Å². The van der Waals surface area contributed by atoms with Crippen LogP contribution in [0, 0.1) is 5.92 Å². The average Bonchev–Trinajstić information content (AvgIpc) is 2.41. The lowest BCUT2D eigenvalue weighted by Crippen LogP contribution is -2.43. The van der Waals surface area contributed by atoms with Gasteiger partial charge in [0.05, 0.1) is 0 Å². The van der Waals surface area contributed by atoms with E-state index < -0.39 is 0 Å². The summed E-state index contributed by atoms with van der Waals surface area (Å²) in [6.07, 6.45) is 3.50. The summed E-state index contributed by atoms with van der Waals surface area (Å²) in [6.45, 7) is 1.51. The van der Waals surface area contributed by atoms with Gasteiger partial charge >= 0.3 is 0 Å². The van der Waals surface area contributed by atoms with Gasteiger partial charge in [-0.1, -0.05) is 6.07 Å². The first-order valence-corrected chi connectivity index (χ1v) is 6.25. The van der Waals surface area contributed by atoms with Crippen molar-refractivity contribution in [3.05, 3.63) is 34.7 Å². The summed E-state index contributed by atoms with van der Waals surface area (Å²) < 4.78 is 1.41. The van der Waals surface area contributed by atoms with E-state index >= 15 is 0 Å². The van der Waals surface area contributed by atoms with Gasteiger partial charge in [-0.2, -0.15) is 0 Å². The molecule has 1 aliphatic heterocycles. The van der Waals surface area contributed by atoms with Gasteiger partial charge in [0.1, 0.15) is 6.54 Å². The lowest BCUT2D eigenvalue weighted by atomic mass is 9.99. The normalized spacial score (nSPS) is 19.8. The van der Waals surface area contributed by atoms with Gasteiger partial charge in [0.25, 0.3) is 5.56 Å². The Morgan fingerprint density at radius 3 is 3.00 bits per heavy atom. The van der Waals surface area contributed by atoms with Crippen LogP contribution in [0.2, 0.25) is 0 Å². The van der Waals surface area contributed by atoms with Crippen LogP contribution in [0.5, 0.6) is 0 Å². The summed E-state index contributed by atoms with van der Waals surface area (Å²) in [6, 6.07) is 4.84. The molecule has 1 unspecified atom stereocenters. The molecule has 98 valence electrons. The highest BCUT2D eigenvalue weighted by Gasteiger charge is 2.23. The van der Waals surface area contributed by atoms with E-state index in [-0.39, 0.29) is 30.5 Å². The number of likely N-dealkylation sites (tertiary alicyclic amines) is 1. The fourth-order valence-electron chi connectivity index (χ4n) is 2.28. The maximum atomic E-state index is 12.1. The fourth-order valence-corrected chi connectivity index (χ4v) is 2.28. The first kappa shape index (κ1) is 12.8. The van der Waals surface area contributed by atoms with Crippen molar-refractivity contribution in [3.8, 4) is 0 Å². The number of hydrogen-bond donors (Lipinski definition) is 1. The summed E-state index contributed by atoms with van der Waals surface area (Å²) in [7, 11) is 0. The van der Waals surface area contributed by atoms with E-state index in [9.17, 15) is 9.59 Å². The molecule has 1 atom stereocenters. The number of piperidine rings is 1. The number of hydrogen-bond acceptors (Lipinski definition) is 3. The van der Waals surface area contributed by atoms with Crippen molar-refractivity contribution in [2.75, 3.05) is 19.7 Å². The number of aromatic nitrogens is 1. The van der Waals surface area contributed by atoms with Gasteiger partial charge in [-0.15, -0.1) is 0 Å². The van der Waals surface area contributed by atoms with E-state index in [1.165, 1.54) is 10.6 Å². The van der Waals surface area contributed by atoms with Crippen LogP contribution in [-0.2, 0) is 11.3 Å². The lowest BCUT2D eigenvalue weighted by Gasteiger charge is -2.32. The van der Waals surface area contributed by atoms with E-state index in [0.29, 0.717) is 6.54 Å². The van der Waals surface area contributed by atoms with Crippen molar-refractivity contribution in [2.24, 2.45) is 5.92 Å². The van der Waals surface area contributed by atoms with Gasteiger partial charge in [0.2, 0.25) is 5.91 Å². The molecule has 0 aromatic carbocycles. The Bertz CT molecular complexity index is 469. The molecule has 0 radical (unpaired) electrons. The van der Waals surface area contributed by atoms with E-state index in [2.05, 4.69) is 0 Å². The van der Waals surface area contributed by atoms with Gasteiger partial charge in [-0.05, 0) is 24.8 Å². The first-order valence-electron chi connectivity index (χ1n) is 6.25. The number of pyridine rings is 1. The molecule has 0 bridgehead atoms. The molecule has 0 spiro atoms. The highest BCUT2D eigenvalue weighted by Crippen LogP contribution is 2.15. The Labute approximate surface area is 106 Å². The summed E-state index contributed by atoms with van der Waals surface area (Å²) in [5.41, 5.74) is -0.165. The van der Waals surface area contributed by atoms with Gasteiger partial charge < -0.3 is 14.6 Å². The highest BCUT2D eigenvalue weighted by molar-refractivity contribution is 5.76. The largest absolute Gasteiger partial charge is 0.396 e. The molecule has 0 saturated carbocycles. The zero-order valence-electron chi connectivity index (χ0n) is 10.3. The molecule has 1 amide bonds. The lowest BCUT2D eigenvalue weighted by molar-refractivity contribution is -0.134. The molecule has 1 fully saturated rings. The second-order valence-corrected chi connectivity index (χ2v) is 4.70. The smallest absolute Gasteiger partial charge is 0.250 e. The van der Waals surface area contributed by atoms with Crippen LogP contribution in [-0.4, -0.2) is 40.2 Å². The van der Waals surface area contributed by atoms with Crippen molar-refractivity contribution in [3.63, 3.8) is 0 Å². The zero-order chi connectivity index (χ0) is 13.0. The Balaban J connectivity index is 2.00. The number of carbonyl (C=O) groups is 1. The van der Waals surface area contributed by atoms with Crippen molar-refractivity contribution in [1.82, 2.24) is 9.47 Å².